The molecule has 4 rings (SSSR count). The molecule has 0 aliphatic rings. The van der Waals surface area contributed by atoms with Crippen LogP contribution in [0.3, 0.4) is 0 Å². The number of hydrogen-bond acceptors (Lipinski definition) is 3. The van der Waals surface area contributed by atoms with E-state index in [0.29, 0.717) is 0 Å². The molecule has 1 aromatic heterocycles. The van der Waals surface area contributed by atoms with Gasteiger partial charge in [0.15, 0.2) is 0 Å². The second kappa shape index (κ2) is 10.1. The van der Waals surface area contributed by atoms with Crippen molar-refractivity contribution in [1.29, 1.82) is 0 Å². The second-order valence-corrected chi connectivity index (χ2v) is 7.99. The first-order valence-corrected chi connectivity index (χ1v) is 11.0. The third-order valence-corrected chi connectivity index (χ3v) is 5.98. The van der Waals surface area contributed by atoms with Crippen molar-refractivity contribution >= 4 is 15.9 Å². The summed E-state index contributed by atoms with van der Waals surface area (Å²) in [5.41, 5.74) is 6.24. The van der Waals surface area contributed by atoms with Crippen molar-refractivity contribution < 1.29 is 14.9 Å². The molecule has 5 heteroatoms. The second-order valence-electron chi connectivity index (χ2n) is 7.20. The predicted octanol–water partition coefficient (Wildman–Crippen LogP) is 5.58. The molecule has 0 aliphatic carbocycles. The molecule has 0 atom stereocenters. The van der Waals surface area contributed by atoms with Gasteiger partial charge in [-0.1, -0.05) is 91.0 Å². The van der Waals surface area contributed by atoms with Gasteiger partial charge in [0.2, 0.25) is 0 Å². The number of aliphatic hydroxyl groups is 2. The van der Waals surface area contributed by atoms with Crippen molar-refractivity contribution in [3.05, 3.63) is 95.5 Å². The molecule has 0 saturated carbocycles. The number of ether oxygens (including phenoxy) is 1. The Balaban J connectivity index is 1.99. The van der Waals surface area contributed by atoms with Crippen LogP contribution in [0.1, 0.15) is 0 Å². The van der Waals surface area contributed by atoms with Crippen molar-refractivity contribution in [3.63, 3.8) is 0 Å². The molecule has 0 radical (unpaired) electrons. The lowest BCUT2D eigenvalue weighted by molar-refractivity contribution is -0.0488. The topological polar surface area (TPSA) is 54.6 Å². The summed E-state index contributed by atoms with van der Waals surface area (Å²) in [6, 6.07) is 30.6. The molecule has 0 bridgehead atoms. The van der Waals surface area contributed by atoms with Gasteiger partial charge < -0.3 is 19.5 Å². The Kier molecular flexibility index (Phi) is 6.99. The molecule has 1 heterocycles. The maximum absolute atomic E-state index is 9.51. The molecule has 0 amide bonds. The van der Waals surface area contributed by atoms with Gasteiger partial charge in [-0.3, -0.25) is 0 Å². The summed E-state index contributed by atoms with van der Waals surface area (Å²) < 4.78 is 8.97. The van der Waals surface area contributed by atoms with Gasteiger partial charge in [-0.25, -0.2) is 0 Å². The summed E-state index contributed by atoms with van der Waals surface area (Å²) in [6.07, 6.45) is -0.645. The molecule has 2 N–H and O–H groups in total. The third kappa shape index (κ3) is 4.50. The van der Waals surface area contributed by atoms with Crippen LogP contribution in [0.15, 0.2) is 95.5 Å². The molecule has 4 aromatic rings. The standard InChI is InChI=1S/C26H24BrNO3/c27-24-23(19-10-4-1-5-11-19)25(20-12-6-2-7-13-20)28(18-31-22(16-29)17-30)26(24)21-14-8-3-9-15-21/h1-15,22,29-30H,16-18H2. The van der Waals surface area contributed by atoms with E-state index in [-0.39, 0.29) is 19.9 Å². The highest BCUT2D eigenvalue weighted by atomic mass is 79.9. The molecule has 31 heavy (non-hydrogen) atoms. The number of nitrogens with zero attached hydrogens (tertiary/aromatic N) is 1. The number of hydrogen-bond donors (Lipinski definition) is 2. The quantitative estimate of drug-likeness (QED) is 0.348. The largest absolute Gasteiger partial charge is 0.394 e. The normalized spacial score (nSPS) is 11.2. The summed E-state index contributed by atoms with van der Waals surface area (Å²) in [4.78, 5) is 0. The van der Waals surface area contributed by atoms with Gasteiger partial charge in [-0.05, 0) is 32.6 Å². The van der Waals surface area contributed by atoms with Gasteiger partial charge >= 0.3 is 0 Å². The summed E-state index contributed by atoms with van der Waals surface area (Å²) in [7, 11) is 0. The van der Waals surface area contributed by atoms with Crippen LogP contribution in [-0.4, -0.2) is 34.1 Å². The van der Waals surface area contributed by atoms with Crippen LogP contribution in [-0.2, 0) is 11.5 Å². The number of halogens is 1. The highest BCUT2D eigenvalue weighted by Crippen LogP contribution is 2.46. The highest BCUT2D eigenvalue weighted by Gasteiger charge is 2.25. The Labute approximate surface area is 190 Å². The van der Waals surface area contributed by atoms with E-state index in [4.69, 9.17) is 4.74 Å². The van der Waals surface area contributed by atoms with Crippen LogP contribution in [0.5, 0.6) is 0 Å². The summed E-state index contributed by atoms with van der Waals surface area (Å²) in [5.74, 6) is 0. The van der Waals surface area contributed by atoms with Crippen LogP contribution >= 0.6 is 15.9 Å². The van der Waals surface area contributed by atoms with Crippen molar-refractivity contribution in [2.45, 2.75) is 12.8 Å². The predicted molar refractivity (Wildman–Crippen MR) is 127 cm³/mol. The van der Waals surface area contributed by atoms with E-state index < -0.39 is 6.10 Å². The first-order chi connectivity index (χ1) is 15.2. The van der Waals surface area contributed by atoms with Crippen LogP contribution in [0.4, 0.5) is 0 Å². The Morgan fingerprint density at radius 3 is 1.61 bits per heavy atom. The Morgan fingerprint density at radius 1 is 0.677 bits per heavy atom. The SMILES string of the molecule is OCC(CO)OCn1c(-c2ccccc2)c(Br)c(-c2ccccc2)c1-c1ccccc1. The number of aliphatic hydroxyl groups excluding tert-OH is 2. The van der Waals surface area contributed by atoms with E-state index in [1.54, 1.807) is 0 Å². The number of rotatable bonds is 8. The van der Waals surface area contributed by atoms with E-state index in [2.05, 4.69) is 56.9 Å². The lowest BCUT2D eigenvalue weighted by Crippen LogP contribution is -2.23. The van der Waals surface area contributed by atoms with E-state index in [1.807, 2.05) is 54.6 Å². The van der Waals surface area contributed by atoms with Gasteiger partial charge in [0, 0.05) is 5.56 Å². The Bertz CT molecular complexity index is 1110. The number of aromatic nitrogens is 1. The third-order valence-electron chi connectivity index (χ3n) is 5.21. The van der Waals surface area contributed by atoms with Gasteiger partial charge in [0.25, 0.3) is 0 Å². The molecular weight excluding hydrogens is 454 g/mol. The molecule has 158 valence electrons. The maximum atomic E-state index is 9.51. The summed E-state index contributed by atoms with van der Waals surface area (Å²) >= 11 is 3.89. The van der Waals surface area contributed by atoms with Crippen molar-refractivity contribution in [1.82, 2.24) is 4.57 Å². The van der Waals surface area contributed by atoms with E-state index in [0.717, 1.165) is 38.1 Å². The van der Waals surface area contributed by atoms with Crippen molar-refractivity contribution in [2.24, 2.45) is 0 Å². The Hall–Kier alpha value is -2.70. The first kappa shape index (κ1) is 21.5. The zero-order valence-electron chi connectivity index (χ0n) is 17.0. The molecule has 0 unspecified atom stereocenters. The monoisotopic (exact) mass is 477 g/mol. The van der Waals surface area contributed by atoms with E-state index in [9.17, 15) is 10.2 Å². The van der Waals surface area contributed by atoms with Crippen LogP contribution in [0, 0.1) is 0 Å². The molecule has 0 spiro atoms. The zero-order valence-corrected chi connectivity index (χ0v) is 18.6. The van der Waals surface area contributed by atoms with Gasteiger partial charge in [0.1, 0.15) is 12.8 Å². The molecule has 4 nitrogen and oxygen atoms in total. The summed E-state index contributed by atoms with van der Waals surface area (Å²) in [5, 5.41) is 19.0. The number of benzene rings is 3. The van der Waals surface area contributed by atoms with Crippen molar-refractivity contribution in [3.8, 4) is 33.6 Å². The molecule has 3 aromatic carbocycles. The van der Waals surface area contributed by atoms with Crippen LogP contribution < -0.4 is 0 Å². The fourth-order valence-corrected chi connectivity index (χ4v) is 4.56. The van der Waals surface area contributed by atoms with Crippen LogP contribution in [0.25, 0.3) is 33.6 Å². The first-order valence-electron chi connectivity index (χ1n) is 10.2. The molecule has 0 aliphatic heterocycles. The maximum Gasteiger partial charge on any atom is 0.124 e. The average molecular weight is 478 g/mol. The minimum atomic E-state index is -0.645. The highest BCUT2D eigenvalue weighted by molar-refractivity contribution is 9.10. The van der Waals surface area contributed by atoms with Gasteiger partial charge in [-0.2, -0.15) is 0 Å². The van der Waals surface area contributed by atoms with Crippen molar-refractivity contribution in [2.75, 3.05) is 13.2 Å². The molecular formula is C26H24BrNO3. The molecule has 0 fully saturated rings. The fraction of sp³-hybridized carbons (Fsp3) is 0.154. The van der Waals surface area contributed by atoms with E-state index in [1.165, 1.54) is 0 Å². The lowest BCUT2D eigenvalue weighted by Gasteiger charge is -2.18. The van der Waals surface area contributed by atoms with E-state index >= 15 is 0 Å². The smallest absolute Gasteiger partial charge is 0.124 e. The molecule has 0 saturated heterocycles. The van der Waals surface area contributed by atoms with Gasteiger partial charge in [-0.15, -0.1) is 0 Å². The minimum absolute atomic E-state index is 0.186. The van der Waals surface area contributed by atoms with Gasteiger partial charge in [0.05, 0.1) is 29.1 Å². The Morgan fingerprint density at radius 2 is 1.13 bits per heavy atom. The minimum Gasteiger partial charge on any atom is -0.394 e. The average Bonchev–Trinajstić information content (AvgIpc) is 3.13. The zero-order chi connectivity index (χ0) is 21.6. The lowest BCUT2D eigenvalue weighted by atomic mass is 10.0. The van der Waals surface area contributed by atoms with Crippen LogP contribution in [0.2, 0.25) is 0 Å². The summed E-state index contributed by atoms with van der Waals surface area (Å²) in [6.45, 7) is -0.302. The fourth-order valence-electron chi connectivity index (χ4n) is 3.70.